The summed E-state index contributed by atoms with van der Waals surface area (Å²) in [5, 5.41) is -0.285. The number of hydrogen-bond donors (Lipinski definition) is 1. The highest BCUT2D eigenvalue weighted by atomic mass is 32.2. The first-order valence-electron chi connectivity index (χ1n) is 7.83. The van der Waals surface area contributed by atoms with E-state index in [9.17, 15) is 13.2 Å². The summed E-state index contributed by atoms with van der Waals surface area (Å²) in [7, 11) is -2.67. The van der Waals surface area contributed by atoms with Crippen molar-refractivity contribution in [3.63, 3.8) is 0 Å². The maximum absolute atomic E-state index is 12.8. The highest BCUT2D eigenvalue weighted by molar-refractivity contribution is 7.89. The van der Waals surface area contributed by atoms with E-state index < -0.39 is 16.0 Å². The Morgan fingerprint density at radius 1 is 1.24 bits per heavy atom. The molecule has 1 heterocycles. The van der Waals surface area contributed by atoms with Crippen molar-refractivity contribution in [1.29, 1.82) is 0 Å². The zero-order chi connectivity index (χ0) is 18.4. The molecule has 0 aliphatic rings. The minimum absolute atomic E-state index is 0.0943. The number of hydrogen-bond acceptors (Lipinski definition) is 6. The van der Waals surface area contributed by atoms with Crippen LogP contribution in [0.25, 0.3) is 0 Å². The van der Waals surface area contributed by atoms with Crippen molar-refractivity contribution in [2.24, 2.45) is 5.73 Å². The Balaban J connectivity index is 2.25. The number of carbonyl (C=O) groups is 1. The first kappa shape index (κ1) is 19.2. The van der Waals surface area contributed by atoms with Crippen LogP contribution in [0.15, 0.2) is 45.9 Å². The number of sulfonamides is 1. The third kappa shape index (κ3) is 4.47. The van der Waals surface area contributed by atoms with Gasteiger partial charge in [-0.2, -0.15) is 4.31 Å². The first-order valence-corrected chi connectivity index (χ1v) is 9.27. The lowest BCUT2D eigenvalue weighted by molar-refractivity contribution is 0.0598. The van der Waals surface area contributed by atoms with E-state index in [4.69, 9.17) is 10.2 Å². The number of esters is 1. The second-order valence-electron chi connectivity index (χ2n) is 5.46. The summed E-state index contributed by atoms with van der Waals surface area (Å²) < 4.78 is 36.9. The number of aryl methyl sites for hydroxylation is 1. The van der Waals surface area contributed by atoms with Gasteiger partial charge in [-0.15, -0.1) is 0 Å². The van der Waals surface area contributed by atoms with Crippen LogP contribution in [0.5, 0.6) is 0 Å². The van der Waals surface area contributed by atoms with Crippen LogP contribution in [-0.2, 0) is 21.2 Å². The van der Waals surface area contributed by atoms with Gasteiger partial charge in [0.2, 0.25) is 5.09 Å². The van der Waals surface area contributed by atoms with Gasteiger partial charge in [0.05, 0.1) is 7.11 Å². The van der Waals surface area contributed by atoms with Gasteiger partial charge >= 0.3 is 5.97 Å². The molecule has 0 saturated carbocycles. The van der Waals surface area contributed by atoms with E-state index in [-0.39, 0.29) is 36.1 Å². The van der Waals surface area contributed by atoms with Crippen molar-refractivity contribution in [3.8, 4) is 0 Å². The van der Waals surface area contributed by atoms with Crippen LogP contribution in [0.3, 0.4) is 0 Å². The Bertz CT molecular complexity index is 815. The standard InChI is InChI=1S/C17H22N2O5S/c1-13-15(17(20)23-2)12-16(24-13)25(21,22)19(11-9-18)10-8-14-6-4-3-5-7-14/h3-7,12H,8-11,18H2,1-2H3. The van der Waals surface area contributed by atoms with Gasteiger partial charge in [-0.25, -0.2) is 13.2 Å². The van der Waals surface area contributed by atoms with E-state index in [0.717, 1.165) is 5.56 Å². The number of benzene rings is 1. The van der Waals surface area contributed by atoms with Crippen molar-refractivity contribution in [3.05, 3.63) is 53.3 Å². The van der Waals surface area contributed by atoms with Gasteiger partial charge in [-0.1, -0.05) is 30.3 Å². The molecule has 0 saturated heterocycles. The molecule has 25 heavy (non-hydrogen) atoms. The molecule has 7 nitrogen and oxygen atoms in total. The number of carbonyl (C=O) groups excluding carboxylic acids is 1. The smallest absolute Gasteiger partial charge is 0.341 e. The van der Waals surface area contributed by atoms with Crippen LogP contribution >= 0.6 is 0 Å². The van der Waals surface area contributed by atoms with Crippen molar-refractivity contribution < 1.29 is 22.4 Å². The van der Waals surface area contributed by atoms with Crippen LogP contribution in [0.4, 0.5) is 0 Å². The predicted molar refractivity (Wildman–Crippen MR) is 92.7 cm³/mol. The van der Waals surface area contributed by atoms with Gasteiger partial charge < -0.3 is 14.9 Å². The monoisotopic (exact) mass is 366 g/mol. The van der Waals surface area contributed by atoms with E-state index in [1.165, 1.54) is 24.4 Å². The summed E-state index contributed by atoms with van der Waals surface area (Å²) in [6, 6.07) is 10.8. The zero-order valence-corrected chi connectivity index (χ0v) is 15.1. The number of nitrogens with zero attached hydrogens (tertiary/aromatic N) is 1. The molecule has 0 aliphatic carbocycles. The van der Waals surface area contributed by atoms with Gasteiger partial charge in [-0.3, -0.25) is 0 Å². The molecule has 0 radical (unpaired) electrons. The van der Waals surface area contributed by atoms with E-state index in [1.807, 2.05) is 30.3 Å². The van der Waals surface area contributed by atoms with Crippen molar-refractivity contribution >= 4 is 16.0 Å². The van der Waals surface area contributed by atoms with Gasteiger partial charge in [-0.05, 0) is 18.9 Å². The Kier molecular flexibility index (Phi) is 6.35. The maximum Gasteiger partial charge on any atom is 0.341 e. The third-order valence-corrected chi connectivity index (χ3v) is 5.52. The van der Waals surface area contributed by atoms with Gasteiger partial charge in [0, 0.05) is 25.7 Å². The fraction of sp³-hybridized carbons (Fsp3) is 0.353. The number of furan rings is 1. The summed E-state index contributed by atoms with van der Waals surface area (Å²) in [5.41, 5.74) is 6.68. The lowest BCUT2D eigenvalue weighted by Gasteiger charge is -2.20. The summed E-state index contributed by atoms with van der Waals surface area (Å²) in [6.45, 7) is 2.11. The molecule has 0 spiro atoms. The van der Waals surface area contributed by atoms with Crippen LogP contribution in [0, 0.1) is 6.92 Å². The number of ether oxygens (including phenoxy) is 1. The highest BCUT2D eigenvalue weighted by Gasteiger charge is 2.29. The molecule has 2 aromatic rings. The van der Waals surface area contributed by atoms with E-state index >= 15 is 0 Å². The Labute approximate surface area is 147 Å². The van der Waals surface area contributed by atoms with Gasteiger partial charge in [0.25, 0.3) is 10.0 Å². The molecule has 1 aromatic heterocycles. The molecule has 0 amide bonds. The summed E-state index contributed by atoms with van der Waals surface area (Å²) in [5.74, 6) is -0.446. The number of nitrogens with two attached hydrogens (primary N) is 1. The van der Waals surface area contributed by atoms with E-state index in [2.05, 4.69) is 4.74 Å². The second-order valence-corrected chi connectivity index (χ2v) is 7.32. The molecule has 0 atom stereocenters. The Morgan fingerprint density at radius 3 is 2.52 bits per heavy atom. The van der Waals surface area contributed by atoms with Crippen LogP contribution in [0.1, 0.15) is 21.7 Å². The molecule has 2 N–H and O–H groups in total. The topological polar surface area (TPSA) is 103 Å². The molecular weight excluding hydrogens is 344 g/mol. The number of methoxy groups -OCH3 is 1. The fourth-order valence-electron chi connectivity index (χ4n) is 2.42. The van der Waals surface area contributed by atoms with E-state index in [0.29, 0.717) is 6.42 Å². The summed E-state index contributed by atoms with van der Waals surface area (Å²) in [4.78, 5) is 11.7. The molecule has 136 valence electrons. The zero-order valence-electron chi connectivity index (χ0n) is 14.3. The normalized spacial score (nSPS) is 11.7. The predicted octanol–water partition coefficient (Wildman–Crippen LogP) is 1.57. The average molecular weight is 366 g/mol. The van der Waals surface area contributed by atoms with Crippen LogP contribution < -0.4 is 5.73 Å². The SMILES string of the molecule is COC(=O)c1cc(S(=O)(=O)N(CCN)CCc2ccccc2)oc1C. The summed E-state index contributed by atoms with van der Waals surface area (Å²) >= 11 is 0. The molecule has 1 aromatic carbocycles. The van der Waals surface area contributed by atoms with Gasteiger partial charge in [0.15, 0.2) is 0 Å². The Hall–Kier alpha value is -2.16. The van der Waals surface area contributed by atoms with Gasteiger partial charge in [0.1, 0.15) is 11.3 Å². The maximum atomic E-state index is 12.8. The fourth-order valence-corrected chi connectivity index (χ4v) is 3.85. The summed E-state index contributed by atoms with van der Waals surface area (Å²) in [6.07, 6.45) is 0.545. The molecule has 2 rings (SSSR count). The quantitative estimate of drug-likeness (QED) is 0.711. The highest BCUT2D eigenvalue weighted by Crippen LogP contribution is 2.23. The number of rotatable bonds is 8. The average Bonchev–Trinajstić information content (AvgIpc) is 3.01. The third-order valence-electron chi connectivity index (χ3n) is 3.77. The minimum Gasteiger partial charge on any atom is -0.465 e. The van der Waals surface area contributed by atoms with Crippen LogP contribution in [0.2, 0.25) is 0 Å². The minimum atomic E-state index is -3.90. The lowest BCUT2D eigenvalue weighted by atomic mass is 10.1. The Morgan fingerprint density at radius 2 is 1.92 bits per heavy atom. The van der Waals surface area contributed by atoms with Crippen LogP contribution in [-0.4, -0.2) is 45.4 Å². The van der Waals surface area contributed by atoms with E-state index in [1.54, 1.807) is 0 Å². The molecule has 8 heteroatoms. The molecule has 0 unspecified atom stereocenters. The molecule has 0 aliphatic heterocycles. The van der Waals surface area contributed by atoms with Crippen molar-refractivity contribution in [2.45, 2.75) is 18.4 Å². The van der Waals surface area contributed by atoms with Crippen molar-refractivity contribution in [1.82, 2.24) is 4.31 Å². The second kappa shape index (κ2) is 8.28. The van der Waals surface area contributed by atoms with Crippen molar-refractivity contribution in [2.75, 3.05) is 26.7 Å². The molecular formula is C17H22N2O5S. The largest absolute Gasteiger partial charge is 0.465 e. The molecule has 0 fully saturated rings. The molecule has 0 bridgehead atoms. The lowest BCUT2D eigenvalue weighted by Crippen LogP contribution is -2.36. The first-order chi connectivity index (χ1) is 11.9.